The van der Waals surface area contributed by atoms with Crippen LogP contribution >= 0.6 is 11.3 Å². The normalized spacial score (nSPS) is 12.3. The van der Waals surface area contributed by atoms with Crippen LogP contribution in [0.2, 0.25) is 0 Å². The summed E-state index contributed by atoms with van der Waals surface area (Å²) in [4.78, 5) is 0.945. The lowest BCUT2D eigenvalue weighted by atomic mass is 10.3. The van der Waals surface area contributed by atoms with E-state index in [0.717, 1.165) is 23.3 Å². The monoisotopic (exact) mass is 290 g/mol. The molecule has 0 amide bonds. The standard InChI is InChI=1S/C12H22N2O2S2/c1-4-6-7-14(5-2)18(15,16)12-8-10(3)11(9-13)17-12/h8H,4-7,9,13H2,1-3H3. The Balaban J connectivity index is 3.02. The molecule has 0 unspecified atom stereocenters. The van der Waals surface area contributed by atoms with Gasteiger partial charge in [-0.1, -0.05) is 20.3 Å². The highest BCUT2D eigenvalue weighted by Crippen LogP contribution is 2.28. The number of aryl methyl sites for hydroxylation is 1. The lowest BCUT2D eigenvalue weighted by Crippen LogP contribution is -2.31. The molecule has 4 nitrogen and oxygen atoms in total. The minimum Gasteiger partial charge on any atom is -0.326 e. The van der Waals surface area contributed by atoms with Crippen LogP contribution in [0, 0.1) is 6.92 Å². The summed E-state index contributed by atoms with van der Waals surface area (Å²) in [5.74, 6) is 0. The zero-order chi connectivity index (χ0) is 13.8. The fraction of sp³-hybridized carbons (Fsp3) is 0.667. The molecule has 0 spiro atoms. The average molecular weight is 290 g/mol. The van der Waals surface area contributed by atoms with Crippen molar-refractivity contribution in [2.45, 2.75) is 44.4 Å². The van der Waals surface area contributed by atoms with Crippen molar-refractivity contribution in [3.8, 4) is 0 Å². The van der Waals surface area contributed by atoms with Gasteiger partial charge in [-0.25, -0.2) is 8.42 Å². The van der Waals surface area contributed by atoms with E-state index >= 15 is 0 Å². The van der Waals surface area contributed by atoms with Gasteiger partial charge in [0.15, 0.2) is 0 Å². The highest BCUT2D eigenvalue weighted by Gasteiger charge is 2.25. The van der Waals surface area contributed by atoms with Crippen LogP contribution < -0.4 is 5.73 Å². The number of nitrogens with two attached hydrogens (primary N) is 1. The van der Waals surface area contributed by atoms with E-state index in [1.807, 2.05) is 13.8 Å². The first-order valence-electron chi connectivity index (χ1n) is 6.26. The first kappa shape index (κ1) is 15.6. The van der Waals surface area contributed by atoms with Crippen molar-refractivity contribution in [1.82, 2.24) is 4.31 Å². The first-order valence-corrected chi connectivity index (χ1v) is 8.52. The molecule has 1 aromatic heterocycles. The average Bonchev–Trinajstić information content (AvgIpc) is 2.72. The molecular formula is C12H22N2O2S2. The van der Waals surface area contributed by atoms with E-state index < -0.39 is 10.0 Å². The summed E-state index contributed by atoms with van der Waals surface area (Å²) in [6.45, 7) is 7.33. The topological polar surface area (TPSA) is 63.4 Å². The van der Waals surface area contributed by atoms with Gasteiger partial charge in [0.25, 0.3) is 10.0 Å². The predicted octanol–water partition coefficient (Wildman–Crippen LogP) is 2.33. The molecule has 18 heavy (non-hydrogen) atoms. The van der Waals surface area contributed by atoms with Crippen molar-refractivity contribution in [2.75, 3.05) is 13.1 Å². The molecule has 0 saturated carbocycles. The van der Waals surface area contributed by atoms with Gasteiger partial charge in [0.2, 0.25) is 0 Å². The van der Waals surface area contributed by atoms with Gasteiger partial charge in [-0.15, -0.1) is 11.3 Å². The quantitative estimate of drug-likeness (QED) is 0.838. The van der Waals surface area contributed by atoms with Crippen LogP contribution in [-0.2, 0) is 16.6 Å². The molecular weight excluding hydrogens is 268 g/mol. The van der Waals surface area contributed by atoms with Gasteiger partial charge < -0.3 is 5.73 Å². The van der Waals surface area contributed by atoms with E-state index in [4.69, 9.17) is 5.73 Å². The molecule has 0 aromatic carbocycles. The molecule has 1 aromatic rings. The molecule has 1 rings (SSSR count). The summed E-state index contributed by atoms with van der Waals surface area (Å²) < 4.78 is 26.9. The Hall–Kier alpha value is -0.430. The van der Waals surface area contributed by atoms with Crippen molar-refractivity contribution in [2.24, 2.45) is 5.73 Å². The molecule has 0 aliphatic carbocycles. The van der Waals surface area contributed by atoms with Crippen LogP contribution in [0.1, 0.15) is 37.1 Å². The maximum absolute atomic E-state index is 12.4. The first-order chi connectivity index (χ1) is 8.47. The van der Waals surface area contributed by atoms with Gasteiger partial charge >= 0.3 is 0 Å². The van der Waals surface area contributed by atoms with Gasteiger partial charge in [0.05, 0.1) is 0 Å². The maximum Gasteiger partial charge on any atom is 0.252 e. The molecule has 1 heterocycles. The van der Waals surface area contributed by atoms with Crippen LogP contribution in [0.3, 0.4) is 0 Å². The Morgan fingerprint density at radius 1 is 1.39 bits per heavy atom. The summed E-state index contributed by atoms with van der Waals surface area (Å²) >= 11 is 1.29. The van der Waals surface area contributed by atoms with E-state index in [1.54, 1.807) is 10.4 Å². The number of unbranched alkanes of at least 4 members (excludes halogenated alkanes) is 1. The zero-order valence-corrected chi connectivity index (χ0v) is 12.9. The number of nitrogens with zero attached hydrogens (tertiary/aromatic N) is 1. The molecule has 0 bridgehead atoms. The summed E-state index contributed by atoms with van der Waals surface area (Å²) in [5.41, 5.74) is 6.56. The third-order valence-electron chi connectivity index (χ3n) is 2.89. The van der Waals surface area contributed by atoms with E-state index in [1.165, 1.54) is 11.3 Å². The van der Waals surface area contributed by atoms with Crippen molar-refractivity contribution < 1.29 is 8.42 Å². The summed E-state index contributed by atoms with van der Waals surface area (Å²) in [6.07, 6.45) is 1.88. The Kier molecular flexibility index (Phi) is 5.78. The van der Waals surface area contributed by atoms with E-state index in [0.29, 0.717) is 23.8 Å². The van der Waals surface area contributed by atoms with Crippen LogP contribution in [0.5, 0.6) is 0 Å². The highest BCUT2D eigenvalue weighted by atomic mass is 32.2. The SMILES string of the molecule is CCCCN(CC)S(=O)(=O)c1cc(C)c(CN)s1. The van der Waals surface area contributed by atoms with Gasteiger partial charge in [-0.2, -0.15) is 4.31 Å². The van der Waals surface area contributed by atoms with Crippen molar-refractivity contribution in [3.05, 3.63) is 16.5 Å². The lowest BCUT2D eigenvalue weighted by molar-refractivity contribution is 0.420. The van der Waals surface area contributed by atoms with Crippen LogP contribution in [0.4, 0.5) is 0 Å². The van der Waals surface area contributed by atoms with Crippen LogP contribution in [0.15, 0.2) is 10.3 Å². The van der Waals surface area contributed by atoms with Crippen molar-refractivity contribution in [3.63, 3.8) is 0 Å². The molecule has 0 radical (unpaired) electrons. The second-order valence-electron chi connectivity index (χ2n) is 4.23. The number of hydrogen-bond donors (Lipinski definition) is 1. The van der Waals surface area contributed by atoms with Crippen LogP contribution in [0.25, 0.3) is 0 Å². The van der Waals surface area contributed by atoms with E-state index in [-0.39, 0.29) is 0 Å². The van der Waals surface area contributed by atoms with Gasteiger partial charge in [-0.3, -0.25) is 0 Å². The summed E-state index contributed by atoms with van der Waals surface area (Å²) in [6, 6.07) is 1.73. The molecule has 0 saturated heterocycles. The Bertz CT molecular complexity index is 480. The summed E-state index contributed by atoms with van der Waals surface area (Å²) in [5, 5.41) is 0. The molecule has 0 atom stereocenters. The molecule has 104 valence electrons. The molecule has 0 aliphatic rings. The fourth-order valence-corrected chi connectivity index (χ4v) is 4.84. The van der Waals surface area contributed by atoms with Gasteiger partial charge in [0.1, 0.15) is 4.21 Å². The Labute approximate surface area is 114 Å². The predicted molar refractivity (Wildman–Crippen MR) is 76.3 cm³/mol. The number of thiophene rings is 1. The van der Waals surface area contributed by atoms with E-state index in [9.17, 15) is 8.42 Å². The molecule has 2 N–H and O–H groups in total. The number of rotatable bonds is 7. The minimum absolute atomic E-state index is 0.396. The lowest BCUT2D eigenvalue weighted by Gasteiger charge is -2.18. The maximum atomic E-state index is 12.4. The van der Waals surface area contributed by atoms with E-state index in [2.05, 4.69) is 6.92 Å². The Morgan fingerprint density at radius 2 is 2.06 bits per heavy atom. The molecule has 0 fully saturated rings. The third kappa shape index (κ3) is 3.32. The largest absolute Gasteiger partial charge is 0.326 e. The zero-order valence-electron chi connectivity index (χ0n) is 11.3. The van der Waals surface area contributed by atoms with Crippen molar-refractivity contribution >= 4 is 21.4 Å². The fourth-order valence-electron chi connectivity index (χ4n) is 1.73. The van der Waals surface area contributed by atoms with Gasteiger partial charge in [-0.05, 0) is 25.0 Å². The van der Waals surface area contributed by atoms with Gasteiger partial charge in [0, 0.05) is 24.5 Å². The third-order valence-corrected chi connectivity index (χ3v) is 6.57. The number of hydrogen-bond acceptors (Lipinski definition) is 4. The molecule has 6 heteroatoms. The minimum atomic E-state index is -3.34. The second-order valence-corrected chi connectivity index (χ2v) is 7.53. The second kappa shape index (κ2) is 6.65. The Morgan fingerprint density at radius 3 is 2.50 bits per heavy atom. The summed E-state index contributed by atoms with van der Waals surface area (Å²) in [7, 11) is -3.34. The van der Waals surface area contributed by atoms with Crippen molar-refractivity contribution in [1.29, 1.82) is 0 Å². The number of sulfonamides is 1. The molecule has 0 aliphatic heterocycles. The smallest absolute Gasteiger partial charge is 0.252 e. The van der Waals surface area contributed by atoms with Crippen LogP contribution in [-0.4, -0.2) is 25.8 Å². The highest BCUT2D eigenvalue weighted by molar-refractivity contribution is 7.91.